The van der Waals surface area contributed by atoms with Crippen LogP contribution in [-0.2, 0) is 40.2 Å². The van der Waals surface area contributed by atoms with Crippen molar-refractivity contribution < 1.29 is 76.8 Å². The summed E-state index contributed by atoms with van der Waals surface area (Å²) in [5, 5.41) is 15.4. The molecule has 0 aliphatic heterocycles. The van der Waals surface area contributed by atoms with E-state index in [9.17, 15) is 17.6 Å². The molecule has 65 heavy (non-hydrogen) atoms. The molecule has 0 unspecified atom stereocenters. The Labute approximate surface area is 401 Å². The zero-order valence-corrected chi connectivity index (χ0v) is 38.7. The summed E-state index contributed by atoms with van der Waals surface area (Å²) in [6.07, 6.45) is 9.63. The Morgan fingerprint density at radius 2 is 0.969 bits per heavy atom. The van der Waals surface area contributed by atoms with Crippen LogP contribution in [0.5, 0.6) is 0 Å². The molecular weight excluding hydrogens is 1190 g/mol. The van der Waals surface area contributed by atoms with Crippen molar-refractivity contribution in [3.05, 3.63) is 218 Å². The van der Waals surface area contributed by atoms with Gasteiger partial charge in [-0.15, -0.1) is 83.9 Å². The fraction of sp³-hybridized carbons (Fsp3) is 0.0588. The molecule has 2 radical (unpaired) electrons. The van der Waals surface area contributed by atoms with Crippen molar-refractivity contribution in [2.75, 3.05) is 14.2 Å². The number of hydrogen-bond acceptors (Lipinski definition) is 8. The fourth-order valence-corrected chi connectivity index (χ4v) is 5.66. The topological polar surface area (TPSA) is 118 Å². The number of aliphatic hydroxyl groups is 2. The summed E-state index contributed by atoms with van der Waals surface area (Å²) in [6, 6.07) is 48.3. The zero-order chi connectivity index (χ0) is 44.1. The summed E-state index contributed by atoms with van der Waals surface area (Å²) < 4.78 is 63.3. The first-order valence-electron chi connectivity index (χ1n) is 18.6. The van der Waals surface area contributed by atoms with Crippen LogP contribution in [0.3, 0.4) is 0 Å². The van der Waals surface area contributed by atoms with E-state index in [0.29, 0.717) is 33.3 Å². The van der Waals surface area contributed by atoms with Crippen LogP contribution < -0.4 is 0 Å². The van der Waals surface area contributed by atoms with E-state index in [-0.39, 0.29) is 58.8 Å². The second-order valence-electron chi connectivity index (χ2n) is 12.1. The number of fused-ring (bicyclic) bond motifs is 2. The predicted octanol–water partition coefficient (Wildman–Crippen LogP) is 12.3. The van der Waals surface area contributed by atoms with Gasteiger partial charge in [0, 0.05) is 119 Å². The molecule has 2 N–H and O–H groups in total. The number of aromatic nitrogens is 4. The van der Waals surface area contributed by atoms with Crippen molar-refractivity contribution in [3.8, 4) is 45.0 Å². The first-order valence-corrected chi connectivity index (χ1v) is 18.6. The van der Waals surface area contributed by atoms with Crippen molar-refractivity contribution in [3.63, 3.8) is 0 Å². The first kappa shape index (κ1) is 54.6. The van der Waals surface area contributed by atoms with Gasteiger partial charge in [0.2, 0.25) is 0 Å². The average molecular weight is 1230 g/mol. The minimum atomic E-state index is -0.689. The van der Waals surface area contributed by atoms with E-state index in [0.717, 1.165) is 54.9 Å². The normalized spacial score (nSPS) is 9.48. The number of pyridine rings is 4. The third kappa shape index (κ3) is 15.3. The van der Waals surface area contributed by atoms with Crippen molar-refractivity contribution in [2.45, 2.75) is 7.43 Å². The van der Waals surface area contributed by atoms with Crippen LogP contribution in [0.2, 0.25) is 0 Å². The summed E-state index contributed by atoms with van der Waals surface area (Å²) in [7, 11) is 2.00. The third-order valence-electron chi connectivity index (χ3n) is 8.34. The Morgan fingerprint density at radius 1 is 0.477 bits per heavy atom. The van der Waals surface area contributed by atoms with E-state index in [1.807, 2.05) is 84.9 Å². The first-order chi connectivity index (χ1) is 30.4. The van der Waals surface area contributed by atoms with Crippen LogP contribution >= 0.6 is 0 Å². The van der Waals surface area contributed by atoms with Gasteiger partial charge in [-0.1, -0.05) is 43.3 Å². The van der Waals surface area contributed by atoms with Gasteiger partial charge in [0.1, 0.15) is 22.8 Å². The third-order valence-corrected chi connectivity index (χ3v) is 8.34. The molecule has 0 bridgehead atoms. The molecule has 0 spiro atoms. The maximum absolute atomic E-state index is 13.7. The number of halogens is 4. The van der Waals surface area contributed by atoms with Gasteiger partial charge in [-0.2, -0.15) is 0 Å². The standard InChI is InChI=1S/C13H7F2NO.C13H6F2NO.2C11H8N.2CH4O.CH4.2Ir/c2*14-8-1-2-9(11(15)7-8)13-10-4-6-17-12(10)3-5-16-13;2*1-2-6-10(7-3-1)11-8-4-5-9-12-11;2*1-2;;;/h1-7H;1,3-7H;2*1-6,8-9H;2*2H,1H3;1H4;;/q;3*-1;;;;;. The van der Waals surface area contributed by atoms with Crippen LogP contribution in [0.15, 0.2) is 186 Å². The molecule has 0 saturated carbocycles. The molecule has 0 aliphatic rings. The number of furan rings is 2. The number of aliphatic hydroxyl groups excluding tert-OH is 2. The number of rotatable bonds is 4. The average Bonchev–Trinajstić information content (AvgIpc) is 4.04. The molecule has 6 heterocycles. The van der Waals surface area contributed by atoms with E-state index in [2.05, 4.69) is 38.1 Å². The van der Waals surface area contributed by atoms with Crippen LogP contribution in [-0.4, -0.2) is 44.4 Å². The van der Waals surface area contributed by atoms with Gasteiger partial charge in [0.25, 0.3) is 0 Å². The molecule has 10 rings (SSSR count). The second-order valence-corrected chi connectivity index (χ2v) is 12.1. The molecule has 8 nitrogen and oxygen atoms in total. The van der Waals surface area contributed by atoms with Crippen molar-refractivity contribution in [1.82, 2.24) is 19.9 Å². The van der Waals surface area contributed by atoms with Crippen LogP contribution in [0.25, 0.3) is 67.0 Å². The molecular formula is C51H41F4Ir2N4O4-3. The van der Waals surface area contributed by atoms with Gasteiger partial charge in [-0.25, -0.2) is 8.78 Å². The summed E-state index contributed by atoms with van der Waals surface area (Å²) in [6.45, 7) is 0. The van der Waals surface area contributed by atoms with E-state index >= 15 is 0 Å². The summed E-state index contributed by atoms with van der Waals surface area (Å²) in [4.78, 5) is 16.6. The van der Waals surface area contributed by atoms with E-state index < -0.39 is 23.3 Å². The monoisotopic (exact) mass is 1240 g/mol. The van der Waals surface area contributed by atoms with Gasteiger partial charge in [0.05, 0.1) is 18.2 Å². The molecule has 0 aliphatic carbocycles. The Bertz CT molecular complexity index is 2590. The summed E-state index contributed by atoms with van der Waals surface area (Å²) >= 11 is 0. The molecule has 0 atom stereocenters. The second kappa shape index (κ2) is 29.0. The van der Waals surface area contributed by atoms with Crippen molar-refractivity contribution >= 4 is 21.9 Å². The van der Waals surface area contributed by atoms with Crippen molar-refractivity contribution in [1.29, 1.82) is 0 Å². The fourth-order valence-electron chi connectivity index (χ4n) is 5.66. The molecule has 0 amide bonds. The molecule has 0 fully saturated rings. The molecule has 6 aromatic heterocycles. The van der Waals surface area contributed by atoms with Crippen LogP contribution in [0.4, 0.5) is 17.6 Å². The number of benzene rings is 4. The minimum Gasteiger partial charge on any atom is -0.465 e. The van der Waals surface area contributed by atoms with Crippen LogP contribution in [0, 0.1) is 41.5 Å². The van der Waals surface area contributed by atoms with Crippen molar-refractivity contribution in [2.24, 2.45) is 0 Å². The van der Waals surface area contributed by atoms with Gasteiger partial charge >= 0.3 is 0 Å². The maximum Gasteiger partial charge on any atom is 0.137 e. The van der Waals surface area contributed by atoms with Gasteiger partial charge < -0.3 is 34.0 Å². The molecule has 4 aromatic carbocycles. The zero-order valence-electron chi connectivity index (χ0n) is 33.9. The Hall–Kier alpha value is -6.50. The SMILES string of the molecule is C.CO.CO.Fc1c[c-]c(-c2nccc3occc23)c(F)c1.Fc1ccc(-c2nccc3occc23)c(F)c1.[Ir].[Ir].[c-]1ccccc1-c1ccccn1.[c-]1ccccc1-c1ccccn1. The number of nitrogens with zero attached hydrogens (tertiary/aromatic N) is 4. The van der Waals surface area contributed by atoms with E-state index in [4.69, 9.17) is 19.0 Å². The molecule has 0 saturated heterocycles. The summed E-state index contributed by atoms with van der Waals surface area (Å²) in [5.74, 6) is -2.59. The van der Waals surface area contributed by atoms with Gasteiger partial charge in [-0.3, -0.25) is 13.8 Å². The number of hydrogen-bond donors (Lipinski definition) is 2. The van der Waals surface area contributed by atoms with E-state index in [1.165, 1.54) is 37.1 Å². The summed E-state index contributed by atoms with van der Waals surface area (Å²) in [5.41, 5.74) is 6.50. The van der Waals surface area contributed by atoms with Crippen LogP contribution in [0.1, 0.15) is 7.43 Å². The maximum atomic E-state index is 13.7. The largest absolute Gasteiger partial charge is 0.465 e. The Kier molecular flexibility index (Phi) is 24.4. The van der Waals surface area contributed by atoms with E-state index in [1.54, 1.807) is 36.7 Å². The predicted molar refractivity (Wildman–Crippen MR) is 238 cm³/mol. The Balaban J connectivity index is 0.000000289. The van der Waals surface area contributed by atoms with Gasteiger partial charge in [-0.05, 0) is 59.9 Å². The molecule has 14 heteroatoms. The smallest absolute Gasteiger partial charge is 0.137 e. The quantitative estimate of drug-likeness (QED) is 0.132. The van der Waals surface area contributed by atoms with Gasteiger partial charge in [0.15, 0.2) is 0 Å². The Morgan fingerprint density at radius 3 is 1.43 bits per heavy atom. The minimum absolute atomic E-state index is 0. The molecule has 338 valence electrons. The molecule has 10 aromatic rings.